The van der Waals surface area contributed by atoms with E-state index >= 15 is 0 Å². The van der Waals surface area contributed by atoms with Crippen molar-refractivity contribution in [3.8, 4) is 0 Å². The SMILES string of the molecule is CCNC(c1ccc(C)s1)C1(CC(C)C)CCCC1. The van der Waals surface area contributed by atoms with Gasteiger partial charge in [0.1, 0.15) is 0 Å². The zero-order chi connectivity index (χ0) is 13.9. The van der Waals surface area contributed by atoms with Crippen molar-refractivity contribution in [2.45, 2.75) is 65.8 Å². The van der Waals surface area contributed by atoms with Gasteiger partial charge in [-0.25, -0.2) is 0 Å². The van der Waals surface area contributed by atoms with Crippen LogP contribution >= 0.6 is 11.3 Å². The average molecular weight is 279 g/mol. The van der Waals surface area contributed by atoms with E-state index < -0.39 is 0 Å². The van der Waals surface area contributed by atoms with Crippen LogP contribution in [0.15, 0.2) is 12.1 Å². The summed E-state index contributed by atoms with van der Waals surface area (Å²) in [5.41, 5.74) is 0.501. The highest BCUT2D eigenvalue weighted by Gasteiger charge is 2.42. The average Bonchev–Trinajstić information content (AvgIpc) is 2.95. The Labute approximate surface area is 122 Å². The predicted molar refractivity (Wildman–Crippen MR) is 85.8 cm³/mol. The minimum atomic E-state index is 0.501. The third-order valence-electron chi connectivity index (χ3n) is 4.48. The van der Waals surface area contributed by atoms with Crippen LogP contribution < -0.4 is 5.32 Å². The van der Waals surface area contributed by atoms with Gasteiger partial charge in [0.05, 0.1) is 0 Å². The summed E-state index contributed by atoms with van der Waals surface area (Å²) in [4.78, 5) is 3.00. The zero-order valence-corrected chi connectivity index (χ0v) is 13.8. The molecule has 1 fully saturated rings. The summed E-state index contributed by atoms with van der Waals surface area (Å²) in [7, 11) is 0. The Kier molecular flexibility index (Phi) is 5.08. The molecular formula is C17H29NS. The van der Waals surface area contributed by atoms with Crippen molar-refractivity contribution in [2.24, 2.45) is 11.3 Å². The Morgan fingerprint density at radius 3 is 2.42 bits per heavy atom. The Morgan fingerprint density at radius 1 is 1.26 bits per heavy atom. The Hall–Kier alpha value is -0.340. The van der Waals surface area contributed by atoms with Crippen molar-refractivity contribution in [3.63, 3.8) is 0 Å². The number of aryl methyl sites for hydroxylation is 1. The lowest BCUT2D eigenvalue weighted by atomic mass is 9.72. The lowest BCUT2D eigenvalue weighted by Gasteiger charge is -2.39. The molecule has 0 amide bonds. The van der Waals surface area contributed by atoms with Crippen molar-refractivity contribution >= 4 is 11.3 Å². The molecule has 1 unspecified atom stereocenters. The Balaban J connectivity index is 2.28. The van der Waals surface area contributed by atoms with Gasteiger partial charge in [-0.1, -0.05) is 33.6 Å². The molecule has 1 saturated carbocycles. The first-order valence-electron chi connectivity index (χ1n) is 7.87. The number of thiophene rings is 1. The molecule has 0 bridgehead atoms. The molecule has 1 aliphatic carbocycles. The second kappa shape index (κ2) is 6.41. The van der Waals surface area contributed by atoms with Crippen LogP contribution in [0, 0.1) is 18.3 Å². The van der Waals surface area contributed by atoms with Gasteiger partial charge in [-0.15, -0.1) is 11.3 Å². The molecular weight excluding hydrogens is 250 g/mol. The highest BCUT2D eigenvalue weighted by atomic mass is 32.1. The molecule has 1 nitrogen and oxygen atoms in total. The monoisotopic (exact) mass is 279 g/mol. The Morgan fingerprint density at radius 2 is 1.95 bits per heavy atom. The van der Waals surface area contributed by atoms with Gasteiger partial charge in [-0.3, -0.25) is 0 Å². The van der Waals surface area contributed by atoms with Crippen LogP contribution in [0.25, 0.3) is 0 Å². The first kappa shape index (κ1) is 15.1. The number of nitrogens with one attached hydrogen (secondary N) is 1. The van der Waals surface area contributed by atoms with Crippen LogP contribution in [0.3, 0.4) is 0 Å². The lowest BCUT2D eigenvalue weighted by molar-refractivity contribution is 0.159. The van der Waals surface area contributed by atoms with Gasteiger partial charge >= 0.3 is 0 Å². The second-order valence-electron chi connectivity index (χ2n) is 6.61. The molecule has 108 valence electrons. The van der Waals surface area contributed by atoms with Gasteiger partial charge in [-0.05, 0) is 56.2 Å². The highest BCUT2D eigenvalue weighted by Crippen LogP contribution is 2.52. The van der Waals surface area contributed by atoms with E-state index in [9.17, 15) is 0 Å². The molecule has 1 atom stereocenters. The lowest BCUT2D eigenvalue weighted by Crippen LogP contribution is -2.37. The highest BCUT2D eigenvalue weighted by molar-refractivity contribution is 7.12. The van der Waals surface area contributed by atoms with Crippen molar-refractivity contribution < 1.29 is 0 Å². The fraction of sp³-hybridized carbons (Fsp3) is 0.765. The Bertz CT molecular complexity index is 388. The summed E-state index contributed by atoms with van der Waals surface area (Å²) in [6.07, 6.45) is 7.00. The van der Waals surface area contributed by atoms with Crippen molar-refractivity contribution in [1.29, 1.82) is 0 Å². The third-order valence-corrected chi connectivity index (χ3v) is 5.55. The molecule has 1 aliphatic rings. The normalized spacial score (nSPS) is 20.1. The minimum absolute atomic E-state index is 0.501. The quantitative estimate of drug-likeness (QED) is 0.743. The van der Waals surface area contributed by atoms with E-state index in [1.807, 2.05) is 11.3 Å². The van der Waals surface area contributed by atoms with E-state index in [1.54, 1.807) is 4.88 Å². The van der Waals surface area contributed by atoms with Crippen molar-refractivity contribution in [1.82, 2.24) is 5.32 Å². The van der Waals surface area contributed by atoms with E-state index in [2.05, 4.69) is 45.1 Å². The maximum absolute atomic E-state index is 3.81. The molecule has 0 radical (unpaired) electrons. The van der Waals surface area contributed by atoms with E-state index in [1.165, 1.54) is 37.0 Å². The van der Waals surface area contributed by atoms with Crippen LogP contribution in [-0.4, -0.2) is 6.54 Å². The zero-order valence-electron chi connectivity index (χ0n) is 13.0. The van der Waals surface area contributed by atoms with E-state index in [4.69, 9.17) is 0 Å². The van der Waals surface area contributed by atoms with Crippen LogP contribution in [0.5, 0.6) is 0 Å². The van der Waals surface area contributed by atoms with Gasteiger partial charge < -0.3 is 5.32 Å². The molecule has 1 N–H and O–H groups in total. The second-order valence-corrected chi connectivity index (χ2v) is 7.93. The topological polar surface area (TPSA) is 12.0 Å². The van der Waals surface area contributed by atoms with E-state index in [0.29, 0.717) is 11.5 Å². The maximum atomic E-state index is 3.81. The first-order valence-corrected chi connectivity index (χ1v) is 8.69. The number of hydrogen-bond donors (Lipinski definition) is 1. The standard InChI is InChI=1S/C17H29NS/c1-5-18-16(15-9-8-14(4)19-15)17(12-13(2)3)10-6-7-11-17/h8-9,13,16,18H,5-7,10-12H2,1-4H3. The fourth-order valence-electron chi connectivity index (χ4n) is 3.93. The molecule has 1 aromatic rings. The first-order chi connectivity index (χ1) is 9.07. The number of hydrogen-bond acceptors (Lipinski definition) is 2. The maximum Gasteiger partial charge on any atom is 0.0472 e. The van der Waals surface area contributed by atoms with E-state index in [-0.39, 0.29) is 0 Å². The van der Waals surface area contributed by atoms with Crippen molar-refractivity contribution in [3.05, 3.63) is 21.9 Å². The number of rotatable bonds is 6. The third kappa shape index (κ3) is 3.41. The van der Waals surface area contributed by atoms with E-state index in [0.717, 1.165) is 12.5 Å². The summed E-state index contributed by atoms with van der Waals surface area (Å²) in [6.45, 7) is 10.3. The van der Waals surface area contributed by atoms with Gasteiger partial charge in [0.25, 0.3) is 0 Å². The summed E-state index contributed by atoms with van der Waals surface area (Å²) >= 11 is 1.99. The van der Waals surface area contributed by atoms with Crippen LogP contribution in [0.1, 0.15) is 68.7 Å². The molecule has 1 heterocycles. The van der Waals surface area contributed by atoms with Crippen LogP contribution in [0.2, 0.25) is 0 Å². The van der Waals surface area contributed by atoms with Crippen molar-refractivity contribution in [2.75, 3.05) is 6.54 Å². The molecule has 0 aromatic carbocycles. The molecule has 19 heavy (non-hydrogen) atoms. The van der Waals surface area contributed by atoms with Gasteiger partial charge in [0, 0.05) is 15.8 Å². The summed E-state index contributed by atoms with van der Waals surface area (Å²) in [5, 5.41) is 3.81. The van der Waals surface area contributed by atoms with Crippen LogP contribution in [-0.2, 0) is 0 Å². The molecule has 0 aliphatic heterocycles. The molecule has 2 rings (SSSR count). The molecule has 2 heteroatoms. The summed E-state index contributed by atoms with van der Waals surface area (Å²) in [6, 6.07) is 5.21. The predicted octanol–water partition coefficient (Wildman–Crippen LogP) is 5.31. The molecule has 1 aromatic heterocycles. The fourth-order valence-corrected chi connectivity index (χ4v) is 5.03. The van der Waals surface area contributed by atoms with Gasteiger partial charge in [0.2, 0.25) is 0 Å². The van der Waals surface area contributed by atoms with Gasteiger partial charge in [-0.2, -0.15) is 0 Å². The largest absolute Gasteiger partial charge is 0.309 e. The smallest absolute Gasteiger partial charge is 0.0472 e. The molecule has 0 saturated heterocycles. The van der Waals surface area contributed by atoms with Crippen LogP contribution in [0.4, 0.5) is 0 Å². The minimum Gasteiger partial charge on any atom is -0.309 e. The van der Waals surface area contributed by atoms with Gasteiger partial charge in [0.15, 0.2) is 0 Å². The molecule has 0 spiro atoms. The summed E-state index contributed by atoms with van der Waals surface area (Å²) in [5.74, 6) is 0.792. The summed E-state index contributed by atoms with van der Waals surface area (Å²) < 4.78 is 0.